The third-order valence-electron chi connectivity index (χ3n) is 6.06. The van der Waals surface area contributed by atoms with E-state index in [4.69, 9.17) is 5.73 Å². The predicted octanol–water partition coefficient (Wildman–Crippen LogP) is 0.653. The molecule has 0 spiro atoms. The van der Waals surface area contributed by atoms with Crippen LogP contribution in [0.1, 0.15) is 53.3 Å². The molecule has 0 aromatic heterocycles. The third-order valence-corrected chi connectivity index (χ3v) is 6.06. The number of nitrogens with one attached hydrogen (secondary N) is 1. The van der Waals surface area contributed by atoms with Gasteiger partial charge in [0.05, 0.1) is 11.1 Å². The zero-order chi connectivity index (χ0) is 20.1. The minimum absolute atomic E-state index is 0.0237. The van der Waals surface area contributed by atoms with Crippen molar-refractivity contribution in [3.05, 3.63) is 29.3 Å². The lowest BCUT2D eigenvalue weighted by molar-refractivity contribution is -0.136. The number of hydrogen-bond donors (Lipinski definition) is 2. The summed E-state index contributed by atoms with van der Waals surface area (Å²) in [4.78, 5) is 52.5. The lowest BCUT2D eigenvalue weighted by Gasteiger charge is -2.41. The number of rotatable bonds is 3. The first-order valence-corrected chi connectivity index (χ1v) is 9.64. The minimum Gasteiger partial charge on any atom is -0.371 e. The summed E-state index contributed by atoms with van der Waals surface area (Å²) in [7, 11) is 0. The van der Waals surface area contributed by atoms with Crippen molar-refractivity contribution < 1.29 is 19.2 Å². The summed E-state index contributed by atoms with van der Waals surface area (Å²) in [6.07, 6.45) is 2.34. The SMILES string of the molecule is CC1(CN)CCCN(c2ccc3c(c2)C(=O)N(C2CCC(=O)NC2=O)C3=O)C1. The van der Waals surface area contributed by atoms with E-state index in [2.05, 4.69) is 17.1 Å². The molecule has 3 heterocycles. The Morgan fingerprint density at radius 3 is 2.64 bits per heavy atom. The van der Waals surface area contributed by atoms with E-state index in [1.165, 1.54) is 0 Å². The normalized spacial score (nSPS) is 27.9. The predicted molar refractivity (Wildman–Crippen MR) is 102 cm³/mol. The highest BCUT2D eigenvalue weighted by molar-refractivity contribution is 6.23. The zero-order valence-corrected chi connectivity index (χ0v) is 15.9. The Kier molecular flexibility index (Phi) is 4.45. The third kappa shape index (κ3) is 2.97. The topological polar surface area (TPSA) is 113 Å². The number of hydrogen-bond acceptors (Lipinski definition) is 6. The first-order valence-electron chi connectivity index (χ1n) is 9.64. The van der Waals surface area contributed by atoms with Gasteiger partial charge < -0.3 is 10.6 Å². The zero-order valence-electron chi connectivity index (χ0n) is 15.9. The number of carbonyl (C=O) groups excluding carboxylic acids is 4. The van der Waals surface area contributed by atoms with Crippen molar-refractivity contribution in [3.8, 4) is 0 Å². The van der Waals surface area contributed by atoms with Crippen LogP contribution in [-0.4, -0.2) is 54.2 Å². The molecular formula is C20H24N4O4. The van der Waals surface area contributed by atoms with E-state index in [0.717, 1.165) is 36.5 Å². The number of nitrogens with two attached hydrogens (primary N) is 1. The summed E-state index contributed by atoms with van der Waals surface area (Å²) < 4.78 is 0. The maximum Gasteiger partial charge on any atom is 0.262 e. The maximum atomic E-state index is 13.0. The van der Waals surface area contributed by atoms with Gasteiger partial charge in [0.1, 0.15) is 6.04 Å². The Morgan fingerprint density at radius 1 is 1.18 bits per heavy atom. The first-order chi connectivity index (χ1) is 13.3. The average Bonchev–Trinajstić information content (AvgIpc) is 2.92. The number of piperidine rings is 2. The van der Waals surface area contributed by atoms with Gasteiger partial charge in [-0.1, -0.05) is 6.92 Å². The van der Waals surface area contributed by atoms with Gasteiger partial charge in [-0.2, -0.15) is 0 Å². The minimum atomic E-state index is -0.941. The molecule has 2 saturated heterocycles. The average molecular weight is 384 g/mol. The quantitative estimate of drug-likeness (QED) is 0.740. The van der Waals surface area contributed by atoms with Gasteiger partial charge >= 0.3 is 0 Å². The second kappa shape index (κ2) is 6.70. The van der Waals surface area contributed by atoms with Crippen molar-refractivity contribution in [2.45, 2.75) is 38.6 Å². The molecule has 3 aliphatic heterocycles. The molecule has 2 fully saturated rings. The summed E-state index contributed by atoms with van der Waals surface area (Å²) in [5.74, 6) is -1.93. The highest BCUT2D eigenvalue weighted by atomic mass is 16.2. The number of nitrogens with zero attached hydrogens (tertiary/aromatic N) is 2. The standard InChI is InChI=1S/C20H24N4O4/c1-20(10-21)7-2-8-23(11-20)12-3-4-13-14(9-12)19(28)24(18(13)27)15-5-6-16(25)22-17(15)26/h3-4,9,15H,2,5-8,10-11,21H2,1H3,(H,22,25,26). The van der Waals surface area contributed by atoms with Gasteiger partial charge in [0, 0.05) is 25.2 Å². The Labute approximate surface area is 163 Å². The smallest absolute Gasteiger partial charge is 0.262 e. The van der Waals surface area contributed by atoms with Crippen molar-refractivity contribution in [2.75, 3.05) is 24.5 Å². The molecule has 0 radical (unpaired) electrons. The Hall–Kier alpha value is -2.74. The van der Waals surface area contributed by atoms with E-state index >= 15 is 0 Å². The van der Waals surface area contributed by atoms with Gasteiger partial charge in [-0.15, -0.1) is 0 Å². The van der Waals surface area contributed by atoms with Crippen LogP contribution >= 0.6 is 0 Å². The highest BCUT2D eigenvalue weighted by Crippen LogP contribution is 2.34. The van der Waals surface area contributed by atoms with Gasteiger partial charge in [0.25, 0.3) is 11.8 Å². The van der Waals surface area contributed by atoms with Gasteiger partial charge in [0.15, 0.2) is 0 Å². The van der Waals surface area contributed by atoms with Crippen LogP contribution in [0.3, 0.4) is 0 Å². The Morgan fingerprint density at radius 2 is 1.93 bits per heavy atom. The molecule has 4 rings (SSSR count). The van der Waals surface area contributed by atoms with Crippen LogP contribution in [0.2, 0.25) is 0 Å². The fourth-order valence-electron chi connectivity index (χ4n) is 4.36. The van der Waals surface area contributed by atoms with Crippen LogP contribution < -0.4 is 16.0 Å². The fourth-order valence-corrected chi connectivity index (χ4v) is 4.36. The van der Waals surface area contributed by atoms with Gasteiger partial charge in [-0.3, -0.25) is 29.4 Å². The molecule has 1 aromatic carbocycles. The molecule has 1 aromatic rings. The molecule has 0 bridgehead atoms. The summed E-state index contributed by atoms with van der Waals surface area (Å²) in [5, 5.41) is 2.21. The van der Waals surface area contributed by atoms with Crippen LogP contribution in [0.25, 0.3) is 0 Å². The summed E-state index contributed by atoms with van der Waals surface area (Å²) in [6, 6.07) is 4.30. The summed E-state index contributed by atoms with van der Waals surface area (Å²) in [5.41, 5.74) is 7.46. The van der Waals surface area contributed by atoms with E-state index in [0.29, 0.717) is 17.7 Å². The molecule has 148 valence electrons. The van der Waals surface area contributed by atoms with Crippen molar-refractivity contribution >= 4 is 29.3 Å². The van der Waals surface area contributed by atoms with E-state index < -0.39 is 23.8 Å². The van der Waals surface area contributed by atoms with Crippen molar-refractivity contribution in [1.82, 2.24) is 10.2 Å². The van der Waals surface area contributed by atoms with E-state index in [1.54, 1.807) is 12.1 Å². The van der Waals surface area contributed by atoms with Gasteiger partial charge in [-0.25, -0.2) is 0 Å². The number of imide groups is 2. The molecule has 3 N–H and O–H groups in total. The van der Waals surface area contributed by atoms with E-state index in [-0.39, 0.29) is 24.2 Å². The molecule has 28 heavy (non-hydrogen) atoms. The van der Waals surface area contributed by atoms with Crippen LogP contribution in [0.15, 0.2) is 18.2 Å². The van der Waals surface area contributed by atoms with Gasteiger partial charge in [-0.05, 0) is 49.4 Å². The van der Waals surface area contributed by atoms with Crippen molar-refractivity contribution in [1.29, 1.82) is 0 Å². The molecule has 3 aliphatic rings. The lowest BCUT2D eigenvalue weighted by Crippen LogP contribution is -2.54. The van der Waals surface area contributed by atoms with Gasteiger partial charge in [0.2, 0.25) is 11.8 Å². The first kappa shape index (κ1) is 18.6. The highest BCUT2D eigenvalue weighted by Gasteiger charge is 2.45. The largest absolute Gasteiger partial charge is 0.371 e. The molecule has 0 saturated carbocycles. The second-order valence-corrected chi connectivity index (χ2v) is 8.22. The number of fused-ring (bicyclic) bond motifs is 1. The summed E-state index contributed by atoms with van der Waals surface area (Å²) in [6.45, 7) is 4.41. The molecule has 8 heteroatoms. The molecule has 4 amide bonds. The molecule has 2 atom stereocenters. The second-order valence-electron chi connectivity index (χ2n) is 8.22. The Balaban J connectivity index is 1.61. The van der Waals surface area contributed by atoms with Crippen LogP contribution in [0.5, 0.6) is 0 Å². The van der Waals surface area contributed by atoms with E-state index in [9.17, 15) is 19.2 Å². The van der Waals surface area contributed by atoms with Crippen LogP contribution in [-0.2, 0) is 9.59 Å². The van der Waals surface area contributed by atoms with Crippen molar-refractivity contribution in [2.24, 2.45) is 11.1 Å². The summed E-state index contributed by atoms with van der Waals surface area (Å²) >= 11 is 0. The molecule has 2 unspecified atom stereocenters. The Bertz CT molecular complexity index is 883. The lowest BCUT2D eigenvalue weighted by atomic mass is 9.82. The number of carbonyl (C=O) groups is 4. The number of amides is 4. The monoisotopic (exact) mass is 384 g/mol. The molecular weight excluding hydrogens is 360 g/mol. The van der Waals surface area contributed by atoms with Crippen LogP contribution in [0.4, 0.5) is 5.69 Å². The molecule has 0 aliphatic carbocycles. The van der Waals surface area contributed by atoms with Crippen molar-refractivity contribution in [3.63, 3.8) is 0 Å². The molecule has 8 nitrogen and oxygen atoms in total. The maximum absolute atomic E-state index is 13.0. The number of benzene rings is 1. The van der Waals surface area contributed by atoms with E-state index in [1.807, 2.05) is 6.07 Å². The van der Waals surface area contributed by atoms with Crippen LogP contribution in [0, 0.1) is 5.41 Å². The fraction of sp³-hybridized carbons (Fsp3) is 0.500. The number of anilines is 1.